The third-order valence-corrected chi connectivity index (χ3v) is 5.71. The van der Waals surface area contributed by atoms with E-state index in [4.69, 9.17) is 11.5 Å². The van der Waals surface area contributed by atoms with Crippen molar-refractivity contribution < 1.29 is 39.3 Å². The van der Waals surface area contributed by atoms with Crippen LogP contribution in [0, 0.1) is 0 Å². The van der Waals surface area contributed by atoms with Crippen LogP contribution in [-0.2, 0) is 30.4 Å². The number of benzene rings is 1. The van der Waals surface area contributed by atoms with Gasteiger partial charge in [0.05, 0.1) is 18.6 Å². The fourth-order valence-corrected chi connectivity index (χ4v) is 3.55. The molecule has 0 saturated heterocycles. The average molecular weight is 528 g/mol. The molecule has 1 rings (SSSR count). The van der Waals surface area contributed by atoms with E-state index in [1.54, 1.807) is 0 Å². The maximum Gasteiger partial charge on any atom is 0.328 e. The Bertz CT molecular complexity index is 928. The van der Waals surface area contributed by atoms with Gasteiger partial charge in [-0.1, -0.05) is 12.1 Å². The van der Waals surface area contributed by atoms with Crippen LogP contribution in [0.1, 0.15) is 25.3 Å². The van der Waals surface area contributed by atoms with Gasteiger partial charge in [0.25, 0.3) is 0 Å². The summed E-state index contributed by atoms with van der Waals surface area (Å²) in [5.41, 5.74) is 11.6. The van der Waals surface area contributed by atoms with Gasteiger partial charge in [-0.15, -0.1) is 0 Å². The molecule has 10 N–H and O–H groups in total. The molecular weight excluding hydrogens is 494 g/mol. The lowest BCUT2D eigenvalue weighted by Gasteiger charge is -2.25. The molecule has 1 aromatic carbocycles. The molecule has 0 aliphatic heterocycles. The zero-order valence-corrected chi connectivity index (χ0v) is 20.8. The summed E-state index contributed by atoms with van der Waals surface area (Å²) in [6, 6.07) is 0.416. The van der Waals surface area contributed by atoms with Crippen LogP contribution in [0.5, 0.6) is 5.75 Å². The number of aliphatic hydroxyl groups excluding tert-OH is 1. The molecule has 0 aliphatic rings. The van der Waals surface area contributed by atoms with Gasteiger partial charge in [-0.2, -0.15) is 11.8 Å². The molecule has 5 unspecified atom stereocenters. The number of hydrogen-bond acceptors (Lipinski definition) is 9. The maximum atomic E-state index is 13.1. The molecule has 36 heavy (non-hydrogen) atoms. The van der Waals surface area contributed by atoms with E-state index in [2.05, 4.69) is 16.0 Å². The zero-order valence-electron chi connectivity index (χ0n) is 20.0. The molecule has 0 aromatic heterocycles. The quantitative estimate of drug-likeness (QED) is 0.123. The van der Waals surface area contributed by atoms with E-state index in [9.17, 15) is 39.3 Å². The van der Waals surface area contributed by atoms with Crippen LogP contribution in [0.3, 0.4) is 0 Å². The number of nitrogens with one attached hydrogen (secondary N) is 3. The predicted molar refractivity (Wildman–Crippen MR) is 132 cm³/mol. The highest BCUT2D eigenvalue weighted by atomic mass is 32.2. The molecule has 200 valence electrons. The van der Waals surface area contributed by atoms with Crippen molar-refractivity contribution in [2.24, 2.45) is 11.5 Å². The molecule has 14 heteroatoms. The number of amides is 4. The summed E-state index contributed by atoms with van der Waals surface area (Å²) in [5.74, 6) is -4.43. The molecule has 0 spiro atoms. The second kappa shape index (κ2) is 14.9. The number of thioether (sulfide) groups is 1. The van der Waals surface area contributed by atoms with Gasteiger partial charge in [0.1, 0.15) is 17.8 Å². The third kappa shape index (κ3) is 10.5. The molecule has 5 atom stereocenters. The fourth-order valence-electron chi connectivity index (χ4n) is 3.06. The van der Waals surface area contributed by atoms with E-state index in [0.29, 0.717) is 17.7 Å². The number of carboxylic acid groups (broad SMARTS) is 1. The number of aromatic hydroxyl groups is 1. The van der Waals surface area contributed by atoms with Crippen LogP contribution in [0.4, 0.5) is 0 Å². The van der Waals surface area contributed by atoms with Crippen LogP contribution >= 0.6 is 11.8 Å². The lowest BCUT2D eigenvalue weighted by Crippen LogP contribution is -2.59. The Morgan fingerprint density at radius 3 is 2.03 bits per heavy atom. The predicted octanol–water partition coefficient (Wildman–Crippen LogP) is -2.19. The van der Waals surface area contributed by atoms with Crippen LogP contribution in [0.15, 0.2) is 24.3 Å². The second-order valence-corrected chi connectivity index (χ2v) is 9.10. The number of aliphatic carboxylic acids is 1. The first-order valence-electron chi connectivity index (χ1n) is 11.0. The minimum absolute atomic E-state index is 0.00725. The zero-order chi connectivity index (χ0) is 27.4. The number of aliphatic hydroxyl groups is 1. The molecule has 0 heterocycles. The van der Waals surface area contributed by atoms with Gasteiger partial charge in [-0.25, -0.2) is 4.79 Å². The molecule has 0 radical (unpaired) electrons. The van der Waals surface area contributed by atoms with E-state index in [1.807, 2.05) is 6.26 Å². The van der Waals surface area contributed by atoms with E-state index in [-0.39, 0.29) is 12.2 Å². The van der Waals surface area contributed by atoms with Crippen molar-refractivity contribution >= 4 is 41.4 Å². The molecule has 1 aromatic rings. The Morgan fingerprint density at radius 2 is 1.53 bits per heavy atom. The molecule has 0 saturated carbocycles. The van der Waals surface area contributed by atoms with Gasteiger partial charge in [-0.3, -0.25) is 19.2 Å². The van der Waals surface area contributed by atoms with Crippen molar-refractivity contribution in [2.45, 2.75) is 56.5 Å². The molecule has 0 bridgehead atoms. The largest absolute Gasteiger partial charge is 0.508 e. The fraction of sp³-hybridized carbons (Fsp3) is 0.500. The Labute approximate surface area is 212 Å². The highest BCUT2D eigenvalue weighted by Gasteiger charge is 2.32. The van der Waals surface area contributed by atoms with Gasteiger partial charge in [-0.05, 0) is 43.0 Å². The minimum Gasteiger partial charge on any atom is -0.508 e. The van der Waals surface area contributed by atoms with Crippen molar-refractivity contribution in [1.82, 2.24) is 16.0 Å². The molecular formula is C22H33N5O8S. The van der Waals surface area contributed by atoms with E-state index < -0.39 is 66.3 Å². The lowest BCUT2D eigenvalue weighted by molar-refractivity contribution is -0.145. The van der Waals surface area contributed by atoms with Crippen molar-refractivity contribution in [3.8, 4) is 5.75 Å². The smallest absolute Gasteiger partial charge is 0.328 e. The summed E-state index contributed by atoms with van der Waals surface area (Å²) in [6.45, 7) is 1.14. The van der Waals surface area contributed by atoms with Crippen molar-refractivity contribution in [3.05, 3.63) is 29.8 Å². The first-order valence-corrected chi connectivity index (χ1v) is 12.4. The molecule has 0 aliphatic carbocycles. The summed E-state index contributed by atoms with van der Waals surface area (Å²) < 4.78 is 0. The number of nitrogens with two attached hydrogens (primary N) is 2. The van der Waals surface area contributed by atoms with Crippen LogP contribution < -0.4 is 27.4 Å². The number of hydrogen-bond donors (Lipinski definition) is 8. The number of primary amides is 1. The Hall–Kier alpha value is -3.36. The van der Waals surface area contributed by atoms with E-state index in [1.165, 1.54) is 36.0 Å². The van der Waals surface area contributed by atoms with Crippen LogP contribution in [-0.4, -0.2) is 87.2 Å². The van der Waals surface area contributed by atoms with Gasteiger partial charge in [0.15, 0.2) is 6.04 Å². The monoisotopic (exact) mass is 527 g/mol. The highest BCUT2D eigenvalue weighted by Crippen LogP contribution is 2.12. The Kier molecular flexibility index (Phi) is 12.7. The second-order valence-electron chi connectivity index (χ2n) is 8.12. The summed E-state index contributed by atoms with van der Waals surface area (Å²) in [5, 5.41) is 35.2. The minimum atomic E-state index is -1.70. The van der Waals surface area contributed by atoms with E-state index in [0.717, 1.165) is 6.92 Å². The van der Waals surface area contributed by atoms with Crippen molar-refractivity contribution in [2.75, 3.05) is 12.0 Å². The van der Waals surface area contributed by atoms with Crippen molar-refractivity contribution in [3.63, 3.8) is 0 Å². The number of carboxylic acids is 1. The number of phenols is 1. The molecule has 0 fully saturated rings. The Morgan fingerprint density at radius 1 is 0.972 bits per heavy atom. The van der Waals surface area contributed by atoms with E-state index >= 15 is 0 Å². The average Bonchev–Trinajstić information content (AvgIpc) is 2.80. The molecule has 4 amide bonds. The van der Waals surface area contributed by atoms with Crippen LogP contribution in [0.2, 0.25) is 0 Å². The number of carbonyl (C=O) groups excluding carboxylic acids is 4. The third-order valence-electron chi connectivity index (χ3n) is 5.06. The SMILES string of the molecule is CSCCC(N)C(=O)NC(Cc1ccc(O)cc1)C(=O)NC(CC(N)=O)C(=O)NC(C(=O)O)C(C)O. The molecule has 13 nitrogen and oxygen atoms in total. The number of phenolic OH excluding ortho intramolecular Hbond substituents is 1. The number of carbonyl (C=O) groups is 5. The highest BCUT2D eigenvalue weighted by molar-refractivity contribution is 7.98. The van der Waals surface area contributed by atoms with Crippen molar-refractivity contribution in [1.29, 1.82) is 0 Å². The summed E-state index contributed by atoms with van der Waals surface area (Å²) in [4.78, 5) is 61.2. The van der Waals surface area contributed by atoms with Gasteiger partial charge < -0.3 is 42.7 Å². The maximum absolute atomic E-state index is 13.1. The van der Waals surface area contributed by atoms with Gasteiger partial charge in [0.2, 0.25) is 23.6 Å². The lowest BCUT2D eigenvalue weighted by atomic mass is 10.0. The summed E-state index contributed by atoms with van der Waals surface area (Å²) >= 11 is 1.49. The Balaban J connectivity index is 3.13. The first-order chi connectivity index (χ1) is 16.8. The van der Waals surface area contributed by atoms with Gasteiger partial charge in [0, 0.05) is 6.42 Å². The first kappa shape index (κ1) is 30.7. The normalized spacial score (nSPS) is 15.0. The number of rotatable bonds is 15. The topological polar surface area (TPSA) is 234 Å². The summed E-state index contributed by atoms with van der Waals surface area (Å²) in [6.07, 6.45) is 0.00611. The summed E-state index contributed by atoms with van der Waals surface area (Å²) in [7, 11) is 0. The van der Waals surface area contributed by atoms with Crippen LogP contribution in [0.25, 0.3) is 0 Å². The van der Waals surface area contributed by atoms with Gasteiger partial charge >= 0.3 is 5.97 Å². The standard InChI is InChI=1S/C22H33N5O8S/c1-11(28)18(22(34)35)27-21(33)16(10-17(24)30)26-20(32)15(9-12-3-5-13(29)6-4-12)25-19(31)14(23)7-8-36-2/h3-6,11,14-16,18,28-29H,7-10,23H2,1-2H3,(H2,24,30)(H,25,31)(H,26,32)(H,27,33)(H,34,35).